The summed E-state index contributed by atoms with van der Waals surface area (Å²) < 4.78 is 25.1. The fraction of sp³-hybridized carbons (Fsp3) is 1.00. The highest BCUT2D eigenvalue weighted by Gasteiger charge is 2.35. The van der Waals surface area contributed by atoms with Crippen molar-refractivity contribution >= 4 is 0 Å². The van der Waals surface area contributed by atoms with Crippen LogP contribution in [-0.2, 0) is 0 Å². The highest BCUT2D eigenvalue weighted by molar-refractivity contribution is 4.89. The summed E-state index contributed by atoms with van der Waals surface area (Å²) in [6.07, 6.45) is 2.54. The van der Waals surface area contributed by atoms with Gasteiger partial charge in [-0.15, -0.1) is 0 Å². The van der Waals surface area contributed by atoms with Crippen molar-refractivity contribution in [1.82, 2.24) is 10.2 Å². The van der Waals surface area contributed by atoms with Crippen LogP contribution in [0, 0.1) is 17.3 Å². The lowest BCUT2D eigenvalue weighted by Gasteiger charge is -2.42. The fourth-order valence-electron chi connectivity index (χ4n) is 3.26. The van der Waals surface area contributed by atoms with E-state index >= 15 is 0 Å². The molecular formula is C16H32F2N2. The normalized spacial score (nSPS) is 27.8. The van der Waals surface area contributed by atoms with Gasteiger partial charge in [0.15, 0.2) is 0 Å². The Balaban J connectivity index is 2.54. The topological polar surface area (TPSA) is 15.3 Å². The molecule has 0 unspecified atom stereocenters. The molecule has 20 heavy (non-hydrogen) atoms. The van der Waals surface area contributed by atoms with Crippen molar-refractivity contribution in [2.45, 2.75) is 52.9 Å². The van der Waals surface area contributed by atoms with Crippen LogP contribution < -0.4 is 5.32 Å². The predicted octanol–water partition coefficient (Wildman–Crippen LogP) is 3.63. The average Bonchev–Trinajstić information content (AvgIpc) is 2.31. The van der Waals surface area contributed by atoms with E-state index in [4.69, 9.17) is 0 Å². The van der Waals surface area contributed by atoms with Crippen molar-refractivity contribution in [1.29, 1.82) is 0 Å². The van der Waals surface area contributed by atoms with E-state index in [2.05, 4.69) is 26.1 Å². The molecule has 120 valence electrons. The van der Waals surface area contributed by atoms with Gasteiger partial charge >= 0.3 is 0 Å². The molecule has 1 N–H and O–H groups in total. The van der Waals surface area contributed by atoms with E-state index < -0.39 is 6.43 Å². The minimum absolute atomic E-state index is 0.110. The van der Waals surface area contributed by atoms with Crippen LogP contribution >= 0.6 is 0 Å². The number of hydrogen-bond donors (Lipinski definition) is 1. The van der Waals surface area contributed by atoms with Crippen LogP contribution in [0.2, 0.25) is 0 Å². The van der Waals surface area contributed by atoms with Crippen LogP contribution in [0.3, 0.4) is 0 Å². The molecule has 0 atom stereocenters. The Morgan fingerprint density at radius 2 is 1.85 bits per heavy atom. The largest absolute Gasteiger partial charge is 0.316 e. The van der Waals surface area contributed by atoms with Gasteiger partial charge in [0, 0.05) is 13.1 Å². The van der Waals surface area contributed by atoms with Crippen molar-refractivity contribution in [3.05, 3.63) is 0 Å². The second kappa shape index (κ2) is 8.28. The number of halogens is 2. The number of alkyl halides is 2. The van der Waals surface area contributed by atoms with E-state index in [1.165, 1.54) is 12.8 Å². The van der Waals surface area contributed by atoms with Gasteiger partial charge in [0.1, 0.15) is 0 Å². The van der Waals surface area contributed by atoms with Gasteiger partial charge in [-0.25, -0.2) is 8.78 Å². The van der Waals surface area contributed by atoms with E-state index in [0.717, 1.165) is 38.4 Å². The SMILES string of the molecule is CC(C)CNCC1(CN(C)CC(F)F)CCC(C)CC1. The van der Waals surface area contributed by atoms with Crippen molar-refractivity contribution in [3.8, 4) is 0 Å². The van der Waals surface area contributed by atoms with Gasteiger partial charge < -0.3 is 10.2 Å². The van der Waals surface area contributed by atoms with Crippen LogP contribution in [0.15, 0.2) is 0 Å². The van der Waals surface area contributed by atoms with Crippen molar-refractivity contribution in [2.24, 2.45) is 17.3 Å². The molecule has 2 nitrogen and oxygen atoms in total. The number of nitrogens with one attached hydrogen (secondary N) is 1. The summed E-state index contributed by atoms with van der Waals surface area (Å²) in [4.78, 5) is 1.82. The van der Waals surface area contributed by atoms with Crippen molar-refractivity contribution in [2.75, 3.05) is 33.2 Å². The molecule has 0 aromatic carbocycles. The molecule has 0 spiro atoms. The first-order chi connectivity index (χ1) is 9.33. The Kier molecular flexibility index (Phi) is 7.38. The van der Waals surface area contributed by atoms with Crippen LogP contribution in [0.4, 0.5) is 8.78 Å². The molecule has 0 saturated heterocycles. The molecule has 0 aliphatic heterocycles. The lowest BCUT2D eigenvalue weighted by atomic mass is 9.70. The molecule has 0 amide bonds. The summed E-state index contributed by atoms with van der Waals surface area (Å²) in [7, 11) is 1.83. The maximum Gasteiger partial charge on any atom is 0.251 e. The van der Waals surface area contributed by atoms with Gasteiger partial charge in [0.05, 0.1) is 6.54 Å². The fourth-order valence-corrected chi connectivity index (χ4v) is 3.26. The molecule has 4 heteroatoms. The molecule has 1 aliphatic rings. The minimum atomic E-state index is -2.23. The van der Waals surface area contributed by atoms with Crippen molar-refractivity contribution < 1.29 is 8.78 Å². The second-order valence-electron chi connectivity index (χ2n) is 7.30. The van der Waals surface area contributed by atoms with E-state index in [1.807, 2.05) is 11.9 Å². The lowest BCUT2D eigenvalue weighted by molar-refractivity contribution is 0.0530. The Hall–Kier alpha value is -0.220. The number of hydrogen-bond acceptors (Lipinski definition) is 2. The zero-order chi connectivity index (χ0) is 15.2. The minimum Gasteiger partial charge on any atom is -0.316 e. The number of nitrogens with zero attached hydrogens (tertiary/aromatic N) is 1. The van der Waals surface area contributed by atoms with Crippen molar-refractivity contribution in [3.63, 3.8) is 0 Å². The van der Waals surface area contributed by atoms with E-state index in [-0.39, 0.29) is 12.0 Å². The highest BCUT2D eigenvalue weighted by Crippen LogP contribution is 2.39. The van der Waals surface area contributed by atoms with Gasteiger partial charge in [-0.3, -0.25) is 0 Å². The van der Waals surface area contributed by atoms with E-state index in [9.17, 15) is 8.78 Å². The van der Waals surface area contributed by atoms with Gasteiger partial charge in [-0.1, -0.05) is 33.6 Å². The molecule has 1 fully saturated rings. The summed E-state index contributed by atoms with van der Waals surface area (Å²) in [5.41, 5.74) is 0.186. The first-order valence-corrected chi connectivity index (χ1v) is 8.00. The van der Waals surface area contributed by atoms with Crippen LogP contribution in [0.25, 0.3) is 0 Å². The van der Waals surface area contributed by atoms with Crippen LogP contribution in [0.5, 0.6) is 0 Å². The molecule has 0 aromatic rings. The third-order valence-corrected chi connectivity index (χ3v) is 4.44. The second-order valence-corrected chi connectivity index (χ2v) is 7.30. The first kappa shape index (κ1) is 17.8. The van der Waals surface area contributed by atoms with E-state index in [1.54, 1.807) is 0 Å². The lowest BCUT2D eigenvalue weighted by Crippen LogP contribution is -2.46. The van der Waals surface area contributed by atoms with Crippen LogP contribution in [-0.4, -0.2) is 44.6 Å². The standard InChI is InChI=1S/C16H32F2N2/c1-13(2)9-19-11-16(7-5-14(3)6-8-16)12-20(4)10-15(17)18/h13-15,19H,5-12H2,1-4H3. The quantitative estimate of drug-likeness (QED) is 0.734. The molecular weight excluding hydrogens is 258 g/mol. The van der Waals surface area contributed by atoms with Gasteiger partial charge in [-0.05, 0) is 43.7 Å². The van der Waals surface area contributed by atoms with E-state index in [0.29, 0.717) is 5.92 Å². The smallest absolute Gasteiger partial charge is 0.251 e. The molecule has 1 aliphatic carbocycles. The monoisotopic (exact) mass is 290 g/mol. The molecule has 0 bridgehead atoms. The Bertz CT molecular complexity index is 261. The third kappa shape index (κ3) is 6.49. The average molecular weight is 290 g/mol. The highest BCUT2D eigenvalue weighted by atomic mass is 19.3. The summed E-state index contributed by atoms with van der Waals surface area (Å²) in [5, 5.41) is 3.55. The molecule has 1 saturated carbocycles. The summed E-state index contributed by atoms with van der Waals surface area (Å²) in [5.74, 6) is 1.42. The predicted molar refractivity (Wildman–Crippen MR) is 81.3 cm³/mol. The Morgan fingerprint density at radius 3 is 2.35 bits per heavy atom. The Labute approximate surface area is 123 Å². The zero-order valence-corrected chi connectivity index (χ0v) is 13.6. The number of rotatable bonds is 8. The molecule has 0 radical (unpaired) electrons. The molecule has 0 aromatic heterocycles. The van der Waals surface area contributed by atoms with Gasteiger partial charge in [0.2, 0.25) is 0 Å². The summed E-state index contributed by atoms with van der Waals surface area (Å²) in [6.45, 7) is 9.35. The molecule has 0 heterocycles. The summed E-state index contributed by atoms with van der Waals surface area (Å²) in [6, 6.07) is 0. The van der Waals surface area contributed by atoms with Gasteiger partial charge in [-0.2, -0.15) is 0 Å². The maximum atomic E-state index is 12.5. The van der Waals surface area contributed by atoms with Gasteiger partial charge in [0.25, 0.3) is 6.43 Å². The maximum absolute atomic E-state index is 12.5. The first-order valence-electron chi connectivity index (χ1n) is 8.00. The van der Waals surface area contributed by atoms with Crippen LogP contribution in [0.1, 0.15) is 46.5 Å². The molecule has 1 rings (SSSR count). The summed E-state index contributed by atoms with van der Waals surface area (Å²) >= 11 is 0. The Morgan fingerprint density at radius 1 is 1.25 bits per heavy atom. The third-order valence-electron chi connectivity index (χ3n) is 4.44. The zero-order valence-electron chi connectivity index (χ0n) is 13.6.